The number of hydrogen-bond donors (Lipinski definition) is 0. The minimum absolute atomic E-state index is 0.695. The monoisotopic (exact) mass is 253 g/mol. The van der Waals surface area contributed by atoms with Gasteiger partial charge in [0.2, 0.25) is 0 Å². The van der Waals surface area contributed by atoms with Crippen molar-refractivity contribution in [3.8, 4) is 0 Å². The smallest absolute Gasteiger partial charge is 0.132 e. The van der Waals surface area contributed by atoms with Gasteiger partial charge in [-0.15, -0.1) is 0 Å². The molecule has 1 aliphatic rings. The Kier molecular flexibility index (Phi) is 3.45. The molecule has 1 aliphatic heterocycles. The molecule has 2 aromatic rings. The molecule has 0 aliphatic carbocycles. The Morgan fingerprint density at radius 2 is 1.79 bits per heavy atom. The van der Waals surface area contributed by atoms with E-state index >= 15 is 0 Å². The van der Waals surface area contributed by atoms with Gasteiger partial charge in [0.1, 0.15) is 11.6 Å². The topological polar surface area (TPSA) is 29.0 Å². The molecule has 0 unspecified atom stereocenters. The van der Waals surface area contributed by atoms with Gasteiger partial charge in [-0.3, -0.25) is 0 Å². The lowest BCUT2D eigenvalue weighted by atomic mass is 9.89. The van der Waals surface area contributed by atoms with Crippen LogP contribution in [0.25, 0.3) is 0 Å². The summed E-state index contributed by atoms with van der Waals surface area (Å²) >= 11 is 0. The van der Waals surface area contributed by atoms with E-state index in [1.165, 1.54) is 18.4 Å². The average Bonchev–Trinajstić information content (AvgIpc) is 2.48. The summed E-state index contributed by atoms with van der Waals surface area (Å²) in [6.45, 7) is 4.10. The van der Waals surface area contributed by atoms with E-state index < -0.39 is 0 Å². The molecule has 0 radical (unpaired) electrons. The van der Waals surface area contributed by atoms with Crippen LogP contribution in [0.3, 0.4) is 0 Å². The van der Waals surface area contributed by atoms with Gasteiger partial charge in [-0.1, -0.05) is 30.3 Å². The second-order valence-electron chi connectivity index (χ2n) is 5.13. The lowest BCUT2D eigenvalue weighted by molar-refractivity contribution is 0.502. The Bertz CT molecular complexity index is 531. The molecule has 1 saturated heterocycles. The molecule has 0 spiro atoms. The number of nitrogens with zero attached hydrogens (tertiary/aromatic N) is 3. The van der Waals surface area contributed by atoms with Crippen LogP contribution in [-0.4, -0.2) is 23.1 Å². The molecule has 3 heteroatoms. The van der Waals surface area contributed by atoms with E-state index in [4.69, 9.17) is 0 Å². The first-order valence-electron chi connectivity index (χ1n) is 6.92. The van der Waals surface area contributed by atoms with Gasteiger partial charge in [-0.25, -0.2) is 9.97 Å². The fraction of sp³-hybridized carbons (Fsp3) is 0.375. The van der Waals surface area contributed by atoms with Gasteiger partial charge in [0.25, 0.3) is 0 Å². The van der Waals surface area contributed by atoms with E-state index in [2.05, 4.69) is 45.2 Å². The van der Waals surface area contributed by atoms with Crippen molar-refractivity contribution in [1.82, 2.24) is 9.97 Å². The lowest BCUT2D eigenvalue weighted by Crippen LogP contribution is -2.33. The summed E-state index contributed by atoms with van der Waals surface area (Å²) in [5, 5.41) is 0. The van der Waals surface area contributed by atoms with Gasteiger partial charge in [-0.05, 0) is 37.3 Å². The summed E-state index contributed by atoms with van der Waals surface area (Å²) in [5.41, 5.74) is 1.47. The first-order valence-corrected chi connectivity index (χ1v) is 6.92. The van der Waals surface area contributed by atoms with Gasteiger partial charge in [-0.2, -0.15) is 0 Å². The number of piperidine rings is 1. The van der Waals surface area contributed by atoms with Crippen molar-refractivity contribution in [3.05, 3.63) is 54.0 Å². The second kappa shape index (κ2) is 5.39. The average molecular weight is 253 g/mol. The van der Waals surface area contributed by atoms with Crippen LogP contribution in [0, 0.1) is 6.92 Å². The van der Waals surface area contributed by atoms with Crippen molar-refractivity contribution < 1.29 is 0 Å². The van der Waals surface area contributed by atoms with E-state index in [1.807, 2.05) is 19.2 Å². The minimum atomic E-state index is 0.695. The third-order valence-electron chi connectivity index (χ3n) is 3.85. The third-order valence-corrected chi connectivity index (χ3v) is 3.85. The number of benzene rings is 1. The maximum atomic E-state index is 4.51. The molecule has 1 aromatic heterocycles. The zero-order chi connectivity index (χ0) is 13.1. The van der Waals surface area contributed by atoms with E-state index in [0.29, 0.717) is 5.92 Å². The summed E-state index contributed by atoms with van der Waals surface area (Å²) in [5.74, 6) is 2.61. The number of rotatable bonds is 2. The van der Waals surface area contributed by atoms with Crippen molar-refractivity contribution >= 4 is 5.82 Å². The maximum Gasteiger partial charge on any atom is 0.132 e. The van der Waals surface area contributed by atoms with E-state index in [0.717, 1.165) is 24.7 Å². The Labute approximate surface area is 114 Å². The third kappa shape index (κ3) is 2.75. The van der Waals surface area contributed by atoms with Gasteiger partial charge in [0.05, 0.1) is 0 Å². The molecule has 0 saturated carbocycles. The Morgan fingerprint density at radius 1 is 1.05 bits per heavy atom. The summed E-state index contributed by atoms with van der Waals surface area (Å²) in [6, 6.07) is 12.9. The van der Waals surface area contributed by atoms with Crippen LogP contribution in [0.5, 0.6) is 0 Å². The number of aryl methyl sites for hydroxylation is 1. The Balaban J connectivity index is 1.67. The molecule has 0 bridgehead atoms. The highest BCUT2D eigenvalue weighted by Gasteiger charge is 2.21. The number of anilines is 1. The lowest BCUT2D eigenvalue weighted by Gasteiger charge is -2.33. The van der Waals surface area contributed by atoms with Crippen molar-refractivity contribution in [2.24, 2.45) is 0 Å². The fourth-order valence-corrected chi connectivity index (χ4v) is 2.79. The van der Waals surface area contributed by atoms with Crippen LogP contribution in [0.15, 0.2) is 42.6 Å². The van der Waals surface area contributed by atoms with E-state index in [-0.39, 0.29) is 0 Å². The summed E-state index contributed by atoms with van der Waals surface area (Å²) in [6.07, 6.45) is 4.25. The highest BCUT2D eigenvalue weighted by molar-refractivity contribution is 5.38. The predicted octanol–water partition coefficient (Wildman–Crippen LogP) is 3.17. The summed E-state index contributed by atoms with van der Waals surface area (Å²) in [7, 11) is 0. The molecule has 0 amide bonds. The predicted molar refractivity (Wildman–Crippen MR) is 77.4 cm³/mol. The fourth-order valence-electron chi connectivity index (χ4n) is 2.79. The number of aromatic nitrogens is 2. The SMILES string of the molecule is Cc1nccc(N2CCC(c3ccccc3)CC2)n1. The van der Waals surface area contributed by atoms with Crippen LogP contribution in [-0.2, 0) is 0 Å². The Hall–Kier alpha value is -1.90. The molecule has 3 nitrogen and oxygen atoms in total. The van der Waals surface area contributed by atoms with Crippen molar-refractivity contribution in [2.45, 2.75) is 25.7 Å². The zero-order valence-electron chi connectivity index (χ0n) is 11.3. The quantitative estimate of drug-likeness (QED) is 0.823. The molecule has 3 rings (SSSR count). The zero-order valence-corrected chi connectivity index (χ0v) is 11.3. The maximum absolute atomic E-state index is 4.51. The van der Waals surface area contributed by atoms with Crippen LogP contribution in [0.1, 0.15) is 30.1 Å². The van der Waals surface area contributed by atoms with Gasteiger partial charge < -0.3 is 4.90 Å². The summed E-state index contributed by atoms with van der Waals surface area (Å²) in [4.78, 5) is 11.0. The standard InChI is InChI=1S/C16H19N3/c1-13-17-10-7-16(18-13)19-11-8-15(9-12-19)14-5-3-2-4-6-14/h2-7,10,15H,8-9,11-12H2,1H3. The molecule has 2 heterocycles. The first-order chi connectivity index (χ1) is 9.33. The van der Waals surface area contributed by atoms with Crippen LogP contribution >= 0.6 is 0 Å². The molecule has 19 heavy (non-hydrogen) atoms. The molecular formula is C16H19N3. The van der Waals surface area contributed by atoms with E-state index in [9.17, 15) is 0 Å². The van der Waals surface area contributed by atoms with E-state index in [1.54, 1.807) is 0 Å². The van der Waals surface area contributed by atoms with Gasteiger partial charge >= 0.3 is 0 Å². The largest absolute Gasteiger partial charge is 0.356 e. The van der Waals surface area contributed by atoms with Crippen molar-refractivity contribution in [2.75, 3.05) is 18.0 Å². The molecular weight excluding hydrogens is 234 g/mol. The minimum Gasteiger partial charge on any atom is -0.356 e. The molecule has 1 aromatic carbocycles. The van der Waals surface area contributed by atoms with Gasteiger partial charge in [0.15, 0.2) is 0 Å². The Morgan fingerprint density at radius 3 is 2.47 bits per heavy atom. The molecule has 98 valence electrons. The highest BCUT2D eigenvalue weighted by atomic mass is 15.2. The normalized spacial score (nSPS) is 16.6. The molecule has 0 N–H and O–H groups in total. The van der Waals surface area contributed by atoms with Crippen LogP contribution in [0.4, 0.5) is 5.82 Å². The summed E-state index contributed by atoms with van der Waals surface area (Å²) < 4.78 is 0. The highest BCUT2D eigenvalue weighted by Crippen LogP contribution is 2.29. The molecule has 0 atom stereocenters. The van der Waals surface area contributed by atoms with Crippen LogP contribution < -0.4 is 4.90 Å². The second-order valence-corrected chi connectivity index (χ2v) is 5.13. The first kappa shape index (κ1) is 12.2. The van der Waals surface area contributed by atoms with Crippen molar-refractivity contribution in [1.29, 1.82) is 0 Å². The number of hydrogen-bond acceptors (Lipinski definition) is 3. The van der Waals surface area contributed by atoms with Gasteiger partial charge in [0, 0.05) is 19.3 Å². The van der Waals surface area contributed by atoms with Crippen molar-refractivity contribution in [3.63, 3.8) is 0 Å². The van der Waals surface area contributed by atoms with Crippen LogP contribution in [0.2, 0.25) is 0 Å². The molecule has 1 fully saturated rings.